The summed E-state index contributed by atoms with van der Waals surface area (Å²) in [6.07, 6.45) is 0. The number of anilines is 1. The summed E-state index contributed by atoms with van der Waals surface area (Å²) in [6.45, 7) is 12.2. The molecule has 0 aliphatic heterocycles. The molecular weight excluding hydrogens is 326 g/mol. The number of nitrogens with one attached hydrogen (secondary N) is 1. The van der Waals surface area contributed by atoms with E-state index in [9.17, 15) is 0 Å². The Morgan fingerprint density at radius 3 is 1.73 bits per heavy atom. The van der Waals surface area contributed by atoms with Gasteiger partial charge in [0, 0.05) is 11.7 Å². The van der Waals surface area contributed by atoms with Gasteiger partial charge in [0.25, 0.3) is 0 Å². The van der Waals surface area contributed by atoms with E-state index in [1.165, 1.54) is 5.56 Å². The third-order valence-corrected chi connectivity index (χ3v) is 3.70. The van der Waals surface area contributed by atoms with E-state index in [0.717, 1.165) is 11.3 Å². The predicted octanol–water partition coefficient (Wildman–Crippen LogP) is 6.25. The first-order valence-electron chi connectivity index (χ1n) is 9.22. The predicted molar refractivity (Wildman–Crippen MR) is 112 cm³/mol. The van der Waals surface area contributed by atoms with Crippen molar-refractivity contribution in [1.29, 1.82) is 0 Å². The fourth-order valence-electron chi connectivity index (χ4n) is 2.40. The summed E-state index contributed by atoms with van der Waals surface area (Å²) in [5, 5.41) is 3.51. The Morgan fingerprint density at radius 1 is 0.808 bits per heavy atom. The van der Waals surface area contributed by atoms with Crippen LogP contribution in [0.25, 0.3) is 0 Å². The van der Waals surface area contributed by atoms with Crippen LogP contribution in [0.2, 0.25) is 0 Å². The molecule has 0 aliphatic carbocycles. The van der Waals surface area contributed by atoms with E-state index in [4.69, 9.17) is 14.2 Å². The molecule has 1 atom stereocenters. The van der Waals surface area contributed by atoms with Crippen LogP contribution >= 0.6 is 0 Å². The first-order valence-corrected chi connectivity index (χ1v) is 9.22. The van der Waals surface area contributed by atoms with Gasteiger partial charge in [-0.2, -0.15) is 0 Å². The Hall–Kier alpha value is -2.36. The third kappa shape index (κ3) is 6.17. The minimum atomic E-state index is 0.106. The highest BCUT2D eigenvalue weighted by atomic mass is 16.5. The minimum Gasteiger partial charge on any atom is -0.493 e. The van der Waals surface area contributed by atoms with Crippen LogP contribution in [0.1, 0.15) is 51.8 Å². The highest BCUT2D eigenvalue weighted by Crippen LogP contribution is 2.40. The monoisotopic (exact) mass is 361 g/mol. The molecule has 0 spiro atoms. The second-order valence-corrected chi connectivity index (χ2v) is 5.14. The zero-order valence-corrected chi connectivity index (χ0v) is 17.8. The van der Waals surface area contributed by atoms with Crippen molar-refractivity contribution in [3.63, 3.8) is 0 Å². The van der Waals surface area contributed by atoms with Gasteiger partial charge in [-0.3, -0.25) is 0 Å². The van der Waals surface area contributed by atoms with E-state index >= 15 is 0 Å². The van der Waals surface area contributed by atoms with Gasteiger partial charge in [-0.15, -0.1) is 0 Å². The molecule has 2 rings (SSSR count). The van der Waals surface area contributed by atoms with Gasteiger partial charge in [0.05, 0.1) is 21.3 Å². The van der Waals surface area contributed by atoms with Crippen LogP contribution in [-0.4, -0.2) is 21.3 Å². The molecule has 2 aromatic carbocycles. The second-order valence-electron chi connectivity index (χ2n) is 5.14. The molecule has 146 valence electrons. The number of hydrogen-bond donors (Lipinski definition) is 1. The molecule has 0 saturated heterocycles. The molecule has 0 bridgehead atoms. The Bertz CT molecular complexity index is 616. The average molecular weight is 362 g/mol. The van der Waals surface area contributed by atoms with Crippen molar-refractivity contribution in [3.05, 3.63) is 47.5 Å². The van der Waals surface area contributed by atoms with Gasteiger partial charge in [-0.25, -0.2) is 0 Å². The van der Waals surface area contributed by atoms with E-state index in [-0.39, 0.29) is 6.04 Å². The lowest BCUT2D eigenvalue weighted by atomic mass is 10.1. The van der Waals surface area contributed by atoms with E-state index in [2.05, 4.69) is 31.3 Å². The number of ether oxygens (including phenoxy) is 3. The Labute approximate surface area is 159 Å². The van der Waals surface area contributed by atoms with Crippen LogP contribution in [0, 0.1) is 6.92 Å². The van der Waals surface area contributed by atoms with Crippen molar-refractivity contribution in [2.24, 2.45) is 0 Å². The average Bonchev–Trinajstić information content (AvgIpc) is 2.71. The third-order valence-electron chi connectivity index (χ3n) is 3.70. The fourth-order valence-corrected chi connectivity index (χ4v) is 2.40. The molecule has 1 N–H and O–H groups in total. The number of hydrogen-bond acceptors (Lipinski definition) is 4. The summed E-state index contributed by atoms with van der Waals surface area (Å²) < 4.78 is 16.2. The molecule has 4 nitrogen and oxygen atoms in total. The maximum atomic E-state index is 5.41. The topological polar surface area (TPSA) is 39.7 Å². The summed E-state index contributed by atoms with van der Waals surface area (Å²) in [6, 6.07) is 12.3. The Balaban J connectivity index is 0.00000146. The van der Waals surface area contributed by atoms with E-state index in [1.54, 1.807) is 21.3 Å². The lowest BCUT2D eigenvalue weighted by Crippen LogP contribution is -2.08. The van der Waals surface area contributed by atoms with Crippen molar-refractivity contribution >= 4 is 5.69 Å². The normalized spacial score (nSPS) is 10.3. The smallest absolute Gasteiger partial charge is 0.203 e. The van der Waals surface area contributed by atoms with Crippen LogP contribution in [0.15, 0.2) is 36.4 Å². The van der Waals surface area contributed by atoms with Gasteiger partial charge in [0.2, 0.25) is 5.75 Å². The first-order chi connectivity index (χ1) is 12.6. The Kier molecular flexibility index (Phi) is 11.8. The SMILES string of the molecule is CC.CC.COc1cc(C(C)Nc2ccccc2C)cc(OC)c1OC. The molecule has 0 aliphatic rings. The first kappa shape index (κ1) is 23.6. The van der Waals surface area contributed by atoms with Gasteiger partial charge in [-0.05, 0) is 43.2 Å². The number of aryl methyl sites for hydroxylation is 1. The van der Waals surface area contributed by atoms with Crippen LogP contribution < -0.4 is 19.5 Å². The summed E-state index contributed by atoms with van der Waals surface area (Å²) in [7, 11) is 4.86. The number of rotatable bonds is 6. The van der Waals surface area contributed by atoms with Crippen LogP contribution in [0.3, 0.4) is 0 Å². The summed E-state index contributed by atoms with van der Waals surface area (Å²) in [5.74, 6) is 1.93. The van der Waals surface area contributed by atoms with Gasteiger partial charge < -0.3 is 19.5 Å². The fraction of sp³-hybridized carbons (Fsp3) is 0.455. The molecule has 0 aromatic heterocycles. The van der Waals surface area contributed by atoms with Gasteiger partial charge in [-0.1, -0.05) is 45.9 Å². The maximum Gasteiger partial charge on any atom is 0.203 e. The minimum absolute atomic E-state index is 0.106. The highest BCUT2D eigenvalue weighted by molar-refractivity contribution is 5.57. The molecule has 0 radical (unpaired) electrons. The number of para-hydroxylation sites is 1. The summed E-state index contributed by atoms with van der Waals surface area (Å²) in [4.78, 5) is 0. The molecule has 0 saturated carbocycles. The molecule has 0 fully saturated rings. The van der Waals surface area contributed by atoms with Crippen LogP contribution in [0.4, 0.5) is 5.69 Å². The van der Waals surface area contributed by atoms with Crippen molar-refractivity contribution in [2.45, 2.75) is 47.6 Å². The zero-order chi connectivity index (χ0) is 20.1. The van der Waals surface area contributed by atoms with Crippen molar-refractivity contribution in [1.82, 2.24) is 0 Å². The van der Waals surface area contributed by atoms with E-state index in [1.807, 2.05) is 52.0 Å². The van der Waals surface area contributed by atoms with Gasteiger partial charge in [0.15, 0.2) is 11.5 Å². The lowest BCUT2D eigenvalue weighted by Gasteiger charge is -2.20. The number of methoxy groups -OCH3 is 3. The zero-order valence-electron chi connectivity index (χ0n) is 17.8. The quantitative estimate of drug-likeness (QED) is 0.660. The number of benzene rings is 2. The Morgan fingerprint density at radius 2 is 1.31 bits per heavy atom. The standard InChI is InChI=1S/C18H23NO3.2C2H6/c1-12-8-6-7-9-15(12)19-13(2)14-10-16(20-3)18(22-5)17(11-14)21-4;2*1-2/h6-11,13,19H,1-5H3;2*1-2H3. The molecule has 0 heterocycles. The largest absolute Gasteiger partial charge is 0.493 e. The van der Waals surface area contributed by atoms with Crippen LogP contribution in [0.5, 0.6) is 17.2 Å². The summed E-state index contributed by atoms with van der Waals surface area (Å²) in [5.41, 5.74) is 3.39. The van der Waals surface area contributed by atoms with Gasteiger partial charge in [0.1, 0.15) is 0 Å². The molecule has 4 heteroatoms. The summed E-state index contributed by atoms with van der Waals surface area (Å²) >= 11 is 0. The van der Waals surface area contributed by atoms with E-state index in [0.29, 0.717) is 17.2 Å². The van der Waals surface area contributed by atoms with E-state index < -0.39 is 0 Å². The molecule has 2 aromatic rings. The van der Waals surface area contributed by atoms with Crippen molar-refractivity contribution in [2.75, 3.05) is 26.6 Å². The molecule has 26 heavy (non-hydrogen) atoms. The molecular formula is C22H35NO3. The van der Waals surface area contributed by atoms with Crippen molar-refractivity contribution in [3.8, 4) is 17.2 Å². The second kappa shape index (κ2) is 12.9. The van der Waals surface area contributed by atoms with Gasteiger partial charge >= 0.3 is 0 Å². The molecule has 1 unspecified atom stereocenters. The van der Waals surface area contributed by atoms with Crippen molar-refractivity contribution < 1.29 is 14.2 Å². The highest BCUT2D eigenvalue weighted by Gasteiger charge is 2.16. The van der Waals surface area contributed by atoms with Crippen LogP contribution in [-0.2, 0) is 0 Å². The maximum absolute atomic E-state index is 5.41. The molecule has 0 amide bonds. The lowest BCUT2D eigenvalue weighted by molar-refractivity contribution is 0.323.